The number of hydrogen-bond acceptors (Lipinski definition) is 4. The Labute approximate surface area is 87.5 Å². The van der Waals surface area contributed by atoms with Crippen LogP contribution in [0.1, 0.15) is 23.0 Å². The Kier molecular flexibility index (Phi) is 3.61. The smallest absolute Gasteiger partial charge is 0.311 e. The molecule has 0 aliphatic rings. The molecule has 0 aliphatic heterocycles. The molecule has 0 fully saturated rings. The Morgan fingerprint density at radius 2 is 1.93 bits per heavy atom. The fraction of sp³-hybridized carbons (Fsp3) is 0.714. The first kappa shape index (κ1) is 12.3. The zero-order chi connectivity index (χ0) is 11.6. The second kappa shape index (κ2) is 4.40. The third-order valence-corrected chi connectivity index (χ3v) is 2.99. The van der Waals surface area contributed by atoms with Gasteiger partial charge in [0.2, 0.25) is 0 Å². The summed E-state index contributed by atoms with van der Waals surface area (Å²) in [5.41, 5.74) is 0. The highest BCUT2D eigenvalue weighted by Crippen LogP contribution is 2.36. The lowest BCUT2D eigenvalue weighted by molar-refractivity contribution is -0.135. The maximum absolute atomic E-state index is 12.8. The summed E-state index contributed by atoms with van der Waals surface area (Å²) in [6, 6.07) is -0.287. The highest BCUT2D eigenvalue weighted by atomic mass is 32.1. The molecule has 0 saturated heterocycles. The van der Waals surface area contributed by atoms with E-state index in [9.17, 15) is 17.6 Å². The second-order valence-corrected chi connectivity index (χ2v) is 3.89. The summed E-state index contributed by atoms with van der Waals surface area (Å²) in [5.74, 6) is -4.22. The van der Waals surface area contributed by atoms with Crippen molar-refractivity contribution in [1.82, 2.24) is 15.5 Å². The van der Waals surface area contributed by atoms with Crippen LogP contribution in [0.4, 0.5) is 17.6 Å². The lowest BCUT2D eigenvalue weighted by Gasteiger charge is -2.10. The van der Waals surface area contributed by atoms with Gasteiger partial charge >= 0.3 is 12.3 Å². The van der Waals surface area contributed by atoms with Gasteiger partial charge in [-0.3, -0.25) is 0 Å². The van der Waals surface area contributed by atoms with Crippen molar-refractivity contribution in [2.75, 3.05) is 7.05 Å². The standard InChI is InChI=1S/C7H9F4N3S/c1-3(12-2)4-13-14-6(15-4)7(10,11)5(8)9/h3,5,12H,1-2H3. The van der Waals surface area contributed by atoms with Crippen LogP contribution in [0.5, 0.6) is 0 Å². The van der Waals surface area contributed by atoms with Gasteiger partial charge in [0.1, 0.15) is 5.01 Å². The van der Waals surface area contributed by atoms with Crippen LogP contribution in [0.2, 0.25) is 0 Å². The molecule has 1 unspecified atom stereocenters. The molecule has 86 valence electrons. The molecule has 0 aliphatic carbocycles. The van der Waals surface area contributed by atoms with Crippen molar-refractivity contribution in [3.8, 4) is 0 Å². The van der Waals surface area contributed by atoms with Crippen LogP contribution in [-0.2, 0) is 5.92 Å². The van der Waals surface area contributed by atoms with Crippen molar-refractivity contribution < 1.29 is 17.6 Å². The number of hydrogen-bond donors (Lipinski definition) is 1. The summed E-state index contributed by atoms with van der Waals surface area (Å²) in [7, 11) is 1.61. The maximum atomic E-state index is 12.8. The van der Waals surface area contributed by atoms with Crippen LogP contribution < -0.4 is 5.32 Å². The fourth-order valence-electron chi connectivity index (χ4n) is 0.761. The van der Waals surface area contributed by atoms with Gasteiger partial charge < -0.3 is 5.32 Å². The average Bonchev–Trinajstić information content (AvgIpc) is 2.65. The summed E-state index contributed by atoms with van der Waals surface area (Å²) in [5, 5.41) is 8.56. The van der Waals surface area contributed by atoms with Gasteiger partial charge in [-0.25, -0.2) is 8.78 Å². The second-order valence-electron chi connectivity index (χ2n) is 2.88. The minimum Gasteiger partial charge on any atom is -0.311 e. The van der Waals surface area contributed by atoms with Gasteiger partial charge in [-0.2, -0.15) is 8.78 Å². The fourth-order valence-corrected chi connectivity index (χ4v) is 1.64. The largest absolute Gasteiger partial charge is 0.359 e. The van der Waals surface area contributed by atoms with Gasteiger partial charge in [-0.15, -0.1) is 10.2 Å². The molecule has 0 amide bonds. The topological polar surface area (TPSA) is 37.8 Å². The van der Waals surface area contributed by atoms with Crippen LogP contribution >= 0.6 is 11.3 Å². The minimum atomic E-state index is -4.22. The number of aromatic nitrogens is 2. The van der Waals surface area contributed by atoms with Gasteiger partial charge in [0.05, 0.1) is 6.04 Å². The third kappa shape index (κ3) is 2.43. The number of rotatable bonds is 4. The van der Waals surface area contributed by atoms with Gasteiger partial charge in [0, 0.05) is 0 Å². The van der Waals surface area contributed by atoms with Gasteiger partial charge in [0.15, 0.2) is 5.01 Å². The van der Waals surface area contributed by atoms with E-state index in [2.05, 4.69) is 15.5 Å². The van der Waals surface area contributed by atoms with Gasteiger partial charge in [0.25, 0.3) is 0 Å². The van der Waals surface area contributed by atoms with E-state index < -0.39 is 17.4 Å². The molecular formula is C7H9F4N3S. The van der Waals surface area contributed by atoms with Crippen LogP contribution in [0, 0.1) is 0 Å². The average molecular weight is 243 g/mol. The zero-order valence-corrected chi connectivity index (χ0v) is 8.79. The molecule has 0 radical (unpaired) electrons. The summed E-state index contributed by atoms with van der Waals surface area (Å²) in [6.07, 6.45) is -3.76. The zero-order valence-electron chi connectivity index (χ0n) is 7.97. The van der Waals surface area contributed by atoms with Crippen molar-refractivity contribution in [1.29, 1.82) is 0 Å². The highest BCUT2D eigenvalue weighted by Gasteiger charge is 2.46. The van der Waals surface area contributed by atoms with E-state index in [4.69, 9.17) is 0 Å². The van der Waals surface area contributed by atoms with E-state index in [0.29, 0.717) is 11.3 Å². The molecule has 1 rings (SSSR count). The molecule has 0 bridgehead atoms. The lowest BCUT2D eigenvalue weighted by atomic mass is 10.4. The molecule has 1 aromatic heterocycles. The molecule has 0 aromatic carbocycles. The van der Waals surface area contributed by atoms with Crippen LogP contribution in [-0.4, -0.2) is 23.7 Å². The van der Waals surface area contributed by atoms with Crippen molar-refractivity contribution in [2.24, 2.45) is 0 Å². The Morgan fingerprint density at radius 1 is 1.33 bits per heavy atom. The quantitative estimate of drug-likeness (QED) is 0.823. The molecule has 0 saturated carbocycles. The SMILES string of the molecule is CNC(C)c1nnc(C(F)(F)C(F)F)s1. The summed E-state index contributed by atoms with van der Waals surface area (Å²) < 4.78 is 49.5. The summed E-state index contributed by atoms with van der Waals surface area (Å²) in [6.45, 7) is 1.67. The van der Waals surface area contributed by atoms with Crippen LogP contribution in [0.15, 0.2) is 0 Å². The number of nitrogens with one attached hydrogen (secondary N) is 1. The molecule has 3 nitrogen and oxygen atoms in total. The van der Waals surface area contributed by atoms with E-state index >= 15 is 0 Å². The molecule has 8 heteroatoms. The van der Waals surface area contributed by atoms with Crippen LogP contribution in [0.3, 0.4) is 0 Å². The number of alkyl halides is 4. The van der Waals surface area contributed by atoms with E-state index in [1.807, 2.05) is 0 Å². The molecule has 1 aromatic rings. The monoisotopic (exact) mass is 243 g/mol. The summed E-state index contributed by atoms with van der Waals surface area (Å²) >= 11 is 0.486. The molecule has 1 heterocycles. The molecule has 1 N–H and O–H groups in total. The molecule has 15 heavy (non-hydrogen) atoms. The first-order chi connectivity index (χ1) is 6.89. The normalized spacial score (nSPS) is 14.6. The van der Waals surface area contributed by atoms with Gasteiger partial charge in [-0.05, 0) is 14.0 Å². The van der Waals surface area contributed by atoms with E-state index in [-0.39, 0.29) is 11.0 Å². The Morgan fingerprint density at radius 3 is 2.40 bits per heavy atom. The first-order valence-electron chi connectivity index (χ1n) is 4.06. The Bertz CT molecular complexity index is 328. The minimum absolute atomic E-state index is 0.257. The third-order valence-electron chi connectivity index (χ3n) is 1.80. The van der Waals surface area contributed by atoms with Crippen molar-refractivity contribution in [3.05, 3.63) is 10.0 Å². The molecule has 1 atom stereocenters. The number of halogens is 4. The van der Waals surface area contributed by atoms with E-state index in [1.54, 1.807) is 14.0 Å². The lowest BCUT2D eigenvalue weighted by Crippen LogP contribution is -2.23. The first-order valence-corrected chi connectivity index (χ1v) is 4.88. The van der Waals surface area contributed by atoms with Crippen LogP contribution in [0.25, 0.3) is 0 Å². The predicted molar refractivity (Wildman–Crippen MR) is 47.3 cm³/mol. The van der Waals surface area contributed by atoms with Crippen molar-refractivity contribution in [2.45, 2.75) is 25.3 Å². The number of nitrogens with zero attached hydrogens (tertiary/aromatic N) is 2. The molecule has 0 spiro atoms. The van der Waals surface area contributed by atoms with E-state index in [1.165, 1.54) is 0 Å². The Balaban J connectivity index is 2.93. The molecular weight excluding hydrogens is 234 g/mol. The predicted octanol–water partition coefficient (Wildman–Crippen LogP) is 2.18. The highest BCUT2D eigenvalue weighted by molar-refractivity contribution is 7.11. The van der Waals surface area contributed by atoms with Crippen molar-refractivity contribution >= 4 is 11.3 Å². The van der Waals surface area contributed by atoms with Gasteiger partial charge in [-0.1, -0.05) is 11.3 Å². The maximum Gasteiger partial charge on any atom is 0.359 e. The van der Waals surface area contributed by atoms with E-state index in [0.717, 1.165) is 0 Å². The Hall–Kier alpha value is -0.760. The van der Waals surface area contributed by atoms with Crippen molar-refractivity contribution in [3.63, 3.8) is 0 Å². The summed E-state index contributed by atoms with van der Waals surface area (Å²) in [4.78, 5) is 0.